The molecule has 0 aromatic rings. The Balaban J connectivity index is 1.86. The highest BCUT2D eigenvalue weighted by molar-refractivity contribution is 4.79. The molecule has 3 heteroatoms. The topological polar surface area (TPSA) is 33.0 Å². The lowest BCUT2D eigenvalue weighted by Gasteiger charge is -2.51. The molecule has 0 bridgehead atoms. The minimum atomic E-state index is 0.531. The first-order valence-corrected chi connectivity index (χ1v) is 7.05. The van der Waals surface area contributed by atoms with Crippen molar-refractivity contribution in [3.8, 4) is 6.07 Å². The van der Waals surface area contributed by atoms with Gasteiger partial charge in [-0.1, -0.05) is 0 Å². The van der Waals surface area contributed by atoms with Crippen molar-refractivity contribution in [1.29, 1.82) is 5.26 Å². The van der Waals surface area contributed by atoms with Crippen molar-refractivity contribution in [1.82, 2.24) is 0 Å². The van der Waals surface area contributed by atoms with E-state index in [2.05, 4.69) is 13.1 Å². The van der Waals surface area contributed by atoms with Crippen LogP contribution in [0.4, 0.5) is 0 Å². The highest BCUT2D eigenvalue weighted by Crippen LogP contribution is 2.35. The van der Waals surface area contributed by atoms with Gasteiger partial charge in [0.2, 0.25) is 0 Å². The Kier molecular flexibility index (Phi) is 4.42. The summed E-state index contributed by atoms with van der Waals surface area (Å²) in [5.41, 5.74) is 0. The van der Waals surface area contributed by atoms with Crippen molar-refractivity contribution in [2.24, 2.45) is 5.92 Å². The number of hydrogen-bond donors (Lipinski definition) is 0. The third-order valence-corrected chi connectivity index (χ3v) is 4.70. The zero-order valence-electron chi connectivity index (χ0n) is 11.0. The van der Waals surface area contributed by atoms with E-state index in [4.69, 9.17) is 10.00 Å². The molecule has 0 aliphatic carbocycles. The Bertz CT molecular complexity index is 282. The van der Waals surface area contributed by atoms with E-state index in [9.17, 15) is 0 Å². The zero-order valence-corrected chi connectivity index (χ0v) is 11.0. The quantitative estimate of drug-likeness (QED) is 0.555. The summed E-state index contributed by atoms with van der Waals surface area (Å²) in [4.78, 5) is 0. The fraction of sp³-hybridized carbons (Fsp3) is 0.929. The Morgan fingerprint density at radius 3 is 2.88 bits per heavy atom. The second-order valence-electron chi connectivity index (χ2n) is 5.88. The van der Waals surface area contributed by atoms with Crippen LogP contribution >= 0.6 is 0 Å². The lowest BCUT2D eigenvalue weighted by molar-refractivity contribution is -0.947. The summed E-state index contributed by atoms with van der Waals surface area (Å²) in [6.45, 7) is 4.21. The molecule has 0 saturated carbocycles. The molecule has 1 unspecified atom stereocenters. The van der Waals surface area contributed by atoms with Crippen molar-refractivity contribution >= 4 is 0 Å². The van der Waals surface area contributed by atoms with Crippen LogP contribution in [0.5, 0.6) is 0 Å². The molecule has 2 saturated heterocycles. The summed E-state index contributed by atoms with van der Waals surface area (Å²) in [7, 11) is 2.44. The van der Waals surface area contributed by atoms with Gasteiger partial charge in [0.25, 0.3) is 0 Å². The molecule has 0 radical (unpaired) electrons. The first-order valence-electron chi connectivity index (χ1n) is 7.05. The van der Waals surface area contributed by atoms with Crippen LogP contribution in [0.25, 0.3) is 0 Å². The largest absolute Gasteiger partial charge is 0.380 e. The van der Waals surface area contributed by atoms with Gasteiger partial charge in [-0.05, 0) is 25.7 Å². The van der Waals surface area contributed by atoms with Crippen molar-refractivity contribution in [3.05, 3.63) is 0 Å². The molecule has 2 fully saturated rings. The van der Waals surface area contributed by atoms with E-state index >= 15 is 0 Å². The minimum Gasteiger partial charge on any atom is -0.380 e. The van der Waals surface area contributed by atoms with Gasteiger partial charge in [0.1, 0.15) is 0 Å². The molecule has 96 valence electrons. The number of piperidine rings is 2. The standard InChI is InChI=1S/C14H25N2O/c1-16-9-3-2-7-14(16)13(6-4-10-16)12-17-11-5-8-15/h13-14H,2-7,9-12H2,1H3/q+1/t13-,14+,16?/m0/s1. The molecule has 0 amide bonds. The van der Waals surface area contributed by atoms with Crippen molar-refractivity contribution in [2.75, 3.05) is 33.4 Å². The second-order valence-corrected chi connectivity index (χ2v) is 5.88. The first-order chi connectivity index (χ1) is 8.26. The van der Waals surface area contributed by atoms with Gasteiger partial charge in [0.05, 0.1) is 51.9 Å². The van der Waals surface area contributed by atoms with Gasteiger partial charge < -0.3 is 9.22 Å². The molecule has 0 aromatic carbocycles. The van der Waals surface area contributed by atoms with Gasteiger partial charge in [-0.3, -0.25) is 0 Å². The van der Waals surface area contributed by atoms with E-state index in [0.29, 0.717) is 13.0 Å². The molecular formula is C14H25N2O+. The van der Waals surface area contributed by atoms with Gasteiger partial charge in [-0.15, -0.1) is 0 Å². The molecule has 0 spiro atoms. The monoisotopic (exact) mass is 237 g/mol. The van der Waals surface area contributed by atoms with Gasteiger partial charge >= 0.3 is 0 Å². The Hall–Kier alpha value is -0.590. The van der Waals surface area contributed by atoms with E-state index in [0.717, 1.165) is 18.6 Å². The number of rotatable bonds is 4. The van der Waals surface area contributed by atoms with Crippen LogP contribution in [-0.2, 0) is 4.74 Å². The van der Waals surface area contributed by atoms with Crippen LogP contribution in [0.3, 0.4) is 0 Å². The maximum atomic E-state index is 8.50. The maximum Gasteiger partial charge on any atom is 0.0939 e. The highest BCUT2D eigenvalue weighted by atomic mass is 16.5. The molecule has 2 rings (SSSR count). The third-order valence-electron chi connectivity index (χ3n) is 4.70. The summed E-state index contributed by atoms with van der Waals surface area (Å²) in [5, 5.41) is 8.50. The number of fused-ring (bicyclic) bond motifs is 1. The second kappa shape index (κ2) is 5.84. The zero-order chi connectivity index (χ0) is 12.1. The van der Waals surface area contributed by atoms with Gasteiger partial charge in [-0.25, -0.2) is 0 Å². The van der Waals surface area contributed by atoms with Crippen LogP contribution in [-0.4, -0.2) is 43.9 Å². The summed E-state index contributed by atoms with van der Waals surface area (Å²) >= 11 is 0. The minimum absolute atomic E-state index is 0.531. The first kappa shape index (κ1) is 12.9. The smallest absolute Gasteiger partial charge is 0.0939 e. The predicted molar refractivity (Wildman–Crippen MR) is 67.3 cm³/mol. The number of ether oxygens (including phenoxy) is 1. The van der Waals surface area contributed by atoms with Crippen LogP contribution in [0, 0.1) is 17.2 Å². The van der Waals surface area contributed by atoms with E-state index in [1.165, 1.54) is 49.7 Å². The molecular weight excluding hydrogens is 212 g/mol. The van der Waals surface area contributed by atoms with Crippen LogP contribution in [0.15, 0.2) is 0 Å². The van der Waals surface area contributed by atoms with Crippen molar-refractivity contribution < 1.29 is 9.22 Å². The van der Waals surface area contributed by atoms with E-state index in [1.807, 2.05) is 0 Å². The molecule has 2 aliphatic heterocycles. The highest BCUT2D eigenvalue weighted by Gasteiger charge is 2.43. The Labute approximate surface area is 105 Å². The SMILES string of the molecule is C[N+]12CCCC[C@@H]1[C@H](COCCC#N)CCC2. The van der Waals surface area contributed by atoms with Crippen molar-refractivity contribution in [3.63, 3.8) is 0 Å². The molecule has 17 heavy (non-hydrogen) atoms. The molecule has 2 heterocycles. The Morgan fingerprint density at radius 2 is 2.06 bits per heavy atom. The average Bonchev–Trinajstić information content (AvgIpc) is 2.34. The number of quaternary nitrogens is 1. The number of nitrogens with zero attached hydrogens (tertiary/aromatic N) is 2. The van der Waals surface area contributed by atoms with Gasteiger partial charge in [0, 0.05) is 12.3 Å². The molecule has 0 aromatic heterocycles. The maximum absolute atomic E-state index is 8.50. The fourth-order valence-electron chi connectivity index (χ4n) is 3.78. The van der Waals surface area contributed by atoms with E-state index in [-0.39, 0.29) is 0 Å². The number of nitriles is 1. The summed E-state index contributed by atoms with van der Waals surface area (Å²) in [5.74, 6) is 0.729. The normalized spacial score (nSPS) is 37.2. The molecule has 3 atom stereocenters. The molecule has 2 aliphatic rings. The average molecular weight is 237 g/mol. The molecule has 0 N–H and O–H groups in total. The summed E-state index contributed by atoms with van der Waals surface area (Å²) in [6, 6.07) is 2.96. The lowest BCUT2D eigenvalue weighted by atomic mass is 9.82. The van der Waals surface area contributed by atoms with Crippen LogP contribution in [0.1, 0.15) is 38.5 Å². The van der Waals surface area contributed by atoms with E-state index in [1.54, 1.807) is 0 Å². The van der Waals surface area contributed by atoms with Gasteiger partial charge in [-0.2, -0.15) is 5.26 Å². The van der Waals surface area contributed by atoms with Gasteiger partial charge in [0.15, 0.2) is 0 Å². The summed E-state index contributed by atoms with van der Waals surface area (Å²) in [6.07, 6.45) is 7.37. The van der Waals surface area contributed by atoms with Crippen molar-refractivity contribution in [2.45, 2.75) is 44.6 Å². The Morgan fingerprint density at radius 1 is 1.24 bits per heavy atom. The van der Waals surface area contributed by atoms with Crippen LogP contribution in [0.2, 0.25) is 0 Å². The fourth-order valence-corrected chi connectivity index (χ4v) is 3.78. The molecule has 3 nitrogen and oxygen atoms in total. The lowest BCUT2D eigenvalue weighted by Crippen LogP contribution is -2.61. The van der Waals surface area contributed by atoms with Crippen LogP contribution < -0.4 is 0 Å². The summed E-state index contributed by atoms with van der Waals surface area (Å²) < 4.78 is 6.96. The van der Waals surface area contributed by atoms with E-state index < -0.39 is 0 Å². The number of hydrogen-bond acceptors (Lipinski definition) is 2. The predicted octanol–water partition coefficient (Wildman–Crippen LogP) is 2.33. The third kappa shape index (κ3) is 3.00.